The average Bonchev–Trinajstić information content (AvgIpc) is 2.46. The summed E-state index contributed by atoms with van der Waals surface area (Å²) in [7, 11) is 0. The molecule has 0 atom stereocenters. The van der Waals surface area contributed by atoms with Gasteiger partial charge in [0.1, 0.15) is 11.9 Å². The molecule has 1 aliphatic rings. The largest absolute Gasteiger partial charge is 0.378 e. The minimum Gasteiger partial charge on any atom is -0.378 e. The van der Waals surface area contributed by atoms with E-state index in [0.717, 1.165) is 44.2 Å². The lowest BCUT2D eigenvalue weighted by Gasteiger charge is -2.29. The van der Waals surface area contributed by atoms with E-state index in [9.17, 15) is 0 Å². The van der Waals surface area contributed by atoms with Gasteiger partial charge >= 0.3 is 0 Å². The third-order valence-corrected chi connectivity index (χ3v) is 2.97. The normalized spacial score (nSPS) is 16.4. The third-order valence-electron chi connectivity index (χ3n) is 2.97. The van der Waals surface area contributed by atoms with Gasteiger partial charge in [-0.05, 0) is 12.1 Å². The van der Waals surface area contributed by atoms with Gasteiger partial charge in [0.05, 0.1) is 24.5 Å². The van der Waals surface area contributed by atoms with Crippen molar-refractivity contribution in [2.75, 3.05) is 26.3 Å². The molecule has 0 aromatic heterocycles. The Labute approximate surface area is 108 Å². The molecule has 2 rings (SSSR count). The van der Waals surface area contributed by atoms with Gasteiger partial charge in [0, 0.05) is 19.5 Å². The standard InChI is InChI=1S/C14H17N3O/c1-2-14(17-7-9-18-10-8-17)16-13-6-4-3-5-12(13)11-15/h3-6H,2,7-10H2,1H3. The average molecular weight is 243 g/mol. The topological polar surface area (TPSA) is 48.6 Å². The van der Waals surface area contributed by atoms with Crippen LogP contribution in [0.2, 0.25) is 0 Å². The van der Waals surface area contributed by atoms with Crippen molar-refractivity contribution in [2.24, 2.45) is 4.99 Å². The van der Waals surface area contributed by atoms with E-state index in [2.05, 4.69) is 22.9 Å². The van der Waals surface area contributed by atoms with Gasteiger partial charge in [-0.15, -0.1) is 0 Å². The number of morpholine rings is 1. The van der Waals surface area contributed by atoms with Crippen LogP contribution in [-0.2, 0) is 4.74 Å². The summed E-state index contributed by atoms with van der Waals surface area (Å²) in [6.45, 7) is 5.34. The lowest BCUT2D eigenvalue weighted by molar-refractivity contribution is 0.0673. The lowest BCUT2D eigenvalue weighted by Crippen LogP contribution is -2.40. The van der Waals surface area contributed by atoms with E-state index in [1.807, 2.05) is 18.2 Å². The van der Waals surface area contributed by atoms with E-state index in [4.69, 9.17) is 10.00 Å². The number of nitrogens with zero attached hydrogens (tertiary/aromatic N) is 3. The second-order valence-corrected chi connectivity index (χ2v) is 4.11. The molecule has 1 aromatic carbocycles. The van der Waals surface area contributed by atoms with Crippen molar-refractivity contribution in [3.8, 4) is 6.07 Å². The van der Waals surface area contributed by atoms with Crippen molar-refractivity contribution in [2.45, 2.75) is 13.3 Å². The smallest absolute Gasteiger partial charge is 0.105 e. The van der Waals surface area contributed by atoms with E-state index in [1.165, 1.54) is 0 Å². The maximum absolute atomic E-state index is 9.06. The van der Waals surface area contributed by atoms with Crippen LogP contribution < -0.4 is 0 Å². The Morgan fingerprint density at radius 2 is 2.11 bits per heavy atom. The Balaban J connectivity index is 2.25. The van der Waals surface area contributed by atoms with Crippen LogP contribution in [0.5, 0.6) is 0 Å². The molecule has 0 saturated carbocycles. The Bertz CT molecular complexity index is 470. The number of para-hydroxylation sites is 1. The van der Waals surface area contributed by atoms with Crippen LogP contribution >= 0.6 is 0 Å². The Hall–Kier alpha value is -1.86. The maximum atomic E-state index is 9.06. The van der Waals surface area contributed by atoms with Crippen LogP contribution in [0.1, 0.15) is 18.9 Å². The summed E-state index contributed by atoms with van der Waals surface area (Å²) in [6.07, 6.45) is 0.861. The Morgan fingerprint density at radius 1 is 1.39 bits per heavy atom. The predicted octanol–water partition coefficient (Wildman–Crippen LogP) is 2.33. The number of amidine groups is 1. The number of nitriles is 1. The minimum absolute atomic E-state index is 0.622. The molecule has 0 bridgehead atoms. The molecule has 0 spiro atoms. The molecule has 1 aromatic rings. The molecule has 0 radical (unpaired) electrons. The van der Waals surface area contributed by atoms with E-state index in [1.54, 1.807) is 6.07 Å². The summed E-state index contributed by atoms with van der Waals surface area (Å²) in [4.78, 5) is 6.87. The van der Waals surface area contributed by atoms with E-state index < -0.39 is 0 Å². The van der Waals surface area contributed by atoms with Crippen molar-refractivity contribution in [3.63, 3.8) is 0 Å². The highest BCUT2D eigenvalue weighted by molar-refractivity contribution is 5.85. The predicted molar refractivity (Wildman–Crippen MR) is 70.9 cm³/mol. The van der Waals surface area contributed by atoms with Gasteiger partial charge in [0.25, 0.3) is 0 Å². The molecule has 0 unspecified atom stereocenters. The van der Waals surface area contributed by atoms with Crippen LogP contribution in [0.3, 0.4) is 0 Å². The molecule has 4 nitrogen and oxygen atoms in total. The Kier molecular flexibility index (Phi) is 4.32. The molecule has 4 heteroatoms. The zero-order valence-electron chi connectivity index (χ0n) is 10.6. The van der Waals surface area contributed by atoms with Crippen LogP contribution in [0.15, 0.2) is 29.3 Å². The molecular formula is C14H17N3O. The van der Waals surface area contributed by atoms with Crippen molar-refractivity contribution in [3.05, 3.63) is 29.8 Å². The number of hydrogen-bond donors (Lipinski definition) is 0. The highest BCUT2D eigenvalue weighted by atomic mass is 16.5. The SMILES string of the molecule is CCC(=Nc1ccccc1C#N)N1CCOCC1. The highest BCUT2D eigenvalue weighted by Gasteiger charge is 2.14. The summed E-state index contributed by atoms with van der Waals surface area (Å²) in [6, 6.07) is 9.63. The van der Waals surface area contributed by atoms with Crippen molar-refractivity contribution in [1.29, 1.82) is 5.26 Å². The summed E-state index contributed by atoms with van der Waals surface area (Å²) < 4.78 is 5.34. The first-order valence-corrected chi connectivity index (χ1v) is 6.24. The molecule has 18 heavy (non-hydrogen) atoms. The molecule has 0 N–H and O–H groups in total. The van der Waals surface area contributed by atoms with E-state index >= 15 is 0 Å². The summed E-state index contributed by atoms with van der Waals surface area (Å²) in [5, 5.41) is 9.06. The molecule has 0 amide bonds. The maximum Gasteiger partial charge on any atom is 0.105 e. The zero-order chi connectivity index (χ0) is 12.8. The minimum atomic E-state index is 0.622. The number of rotatable bonds is 2. The first kappa shape index (κ1) is 12.6. The van der Waals surface area contributed by atoms with E-state index in [-0.39, 0.29) is 0 Å². The van der Waals surface area contributed by atoms with Gasteiger partial charge < -0.3 is 9.64 Å². The first-order chi connectivity index (χ1) is 8.85. The molecule has 1 fully saturated rings. The van der Waals surface area contributed by atoms with Gasteiger partial charge in [-0.1, -0.05) is 19.1 Å². The van der Waals surface area contributed by atoms with Crippen molar-refractivity contribution < 1.29 is 4.74 Å². The van der Waals surface area contributed by atoms with Crippen LogP contribution in [0.4, 0.5) is 5.69 Å². The van der Waals surface area contributed by atoms with Crippen molar-refractivity contribution >= 4 is 11.5 Å². The van der Waals surface area contributed by atoms with Crippen LogP contribution in [-0.4, -0.2) is 37.0 Å². The van der Waals surface area contributed by atoms with Crippen molar-refractivity contribution in [1.82, 2.24) is 4.90 Å². The Morgan fingerprint density at radius 3 is 2.78 bits per heavy atom. The summed E-state index contributed by atoms with van der Waals surface area (Å²) >= 11 is 0. The van der Waals surface area contributed by atoms with Gasteiger partial charge in [-0.25, -0.2) is 4.99 Å². The molecule has 1 saturated heterocycles. The fourth-order valence-corrected chi connectivity index (χ4v) is 2.00. The lowest BCUT2D eigenvalue weighted by atomic mass is 10.2. The van der Waals surface area contributed by atoms with Gasteiger partial charge in [-0.2, -0.15) is 5.26 Å². The second kappa shape index (κ2) is 6.18. The van der Waals surface area contributed by atoms with Gasteiger partial charge in [0.2, 0.25) is 0 Å². The molecule has 94 valence electrons. The summed E-state index contributed by atoms with van der Waals surface area (Å²) in [5.41, 5.74) is 1.38. The third kappa shape index (κ3) is 2.88. The second-order valence-electron chi connectivity index (χ2n) is 4.11. The zero-order valence-corrected chi connectivity index (χ0v) is 10.6. The first-order valence-electron chi connectivity index (χ1n) is 6.24. The number of hydrogen-bond acceptors (Lipinski definition) is 3. The molecular weight excluding hydrogens is 226 g/mol. The van der Waals surface area contributed by atoms with Crippen LogP contribution in [0.25, 0.3) is 0 Å². The molecule has 1 heterocycles. The quantitative estimate of drug-likeness (QED) is 0.591. The highest BCUT2D eigenvalue weighted by Crippen LogP contribution is 2.19. The fraction of sp³-hybridized carbons (Fsp3) is 0.429. The fourth-order valence-electron chi connectivity index (χ4n) is 2.00. The summed E-state index contributed by atoms with van der Waals surface area (Å²) in [5.74, 6) is 1.03. The number of ether oxygens (including phenoxy) is 1. The van der Waals surface area contributed by atoms with Crippen LogP contribution in [0, 0.1) is 11.3 Å². The monoisotopic (exact) mass is 243 g/mol. The van der Waals surface area contributed by atoms with Gasteiger partial charge in [0.15, 0.2) is 0 Å². The number of aliphatic imine (C=N–C) groups is 1. The molecule has 1 aliphatic heterocycles. The van der Waals surface area contributed by atoms with E-state index in [0.29, 0.717) is 5.56 Å². The number of benzene rings is 1. The molecule has 0 aliphatic carbocycles. The van der Waals surface area contributed by atoms with Gasteiger partial charge in [-0.3, -0.25) is 0 Å².